The Labute approximate surface area is 88.1 Å². The first kappa shape index (κ1) is 11.6. The lowest BCUT2D eigenvalue weighted by Gasteiger charge is -2.22. The second-order valence-corrected chi connectivity index (χ2v) is 3.76. The van der Waals surface area contributed by atoms with Gasteiger partial charge in [-0.2, -0.15) is 5.10 Å². The molecule has 1 atom stereocenters. The number of rotatable bonds is 5. The number of carbonyl (C=O) groups excluding carboxylic acids is 1. The van der Waals surface area contributed by atoms with Gasteiger partial charge in [0.05, 0.1) is 5.60 Å². The molecule has 0 aromatic carbocycles. The van der Waals surface area contributed by atoms with E-state index in [1.165, 1.54) is 6.33 Å². The van der Waals surface area contributed by atoms with E-state index in [9.17, 15) is 9.90 Å². The van der Waals surface area contributed by atoms with Crippen LogP contribution in [0.4, 0.5) is 0 Å². The maximum absolute atomic E-state index is 11.4. The summed E-state index contributed by atoms with van der Waals surface area (Å²) >= 11 is 0. The highest BCUT2D eigenvalue weighted by Gasteiger charge is 2.20. The van der Waals surface area contributed by atoms with Gasteiger partial charge in [-0.15, -0.1) is 0 Å². The first-order valence-corrected chi connectivity index (χ1v) is 4.91. The second kappa shape index (κ2) is 4.88. The van der Waals surface area contributed by atoms with E-state index in [-0.39, 0.29) is 18.3 Å². The van der Waals surface area contributed by atoms with Gasteiger partial charge in [0.1, 0.15) is 6.33 Å². The van der Waals surface area contributed by atoms with Crippen molar-refractivity contribution in [1.29, 1.82) is 0 Å². The molecule has 0 saturated carbocycles. The fraction of sp³-hybridized carbons (Fsp3) is 0.667. The molecule has 0 saturated heterocycles. The third kappa shape index (κ3) is 3.67. The van der Waals surface area contributed by atoms with Crippen molar-refractivity contribution < 1.29 is 9.90 Å². The smallest absolute Gasteiger partial charge is 0.288 e. The molecule has 1 aromatic heterocycles. The minimum Gasteiger partial charge on any atom is -0.388 e. The molecule has 0 radical (unpaired) electrons. The van der Waals surface area contributed by atoms with Crippen LogP contribution in [0.2, 0.25) is 0 Å². The van der Waals surface area contributed by atoms with Gasteiger partial charge < -0.3 is 10.4 Å². The Hall–Kier alpha value is -1.43. The molecule has 1 amide bonds. The van der Waals surface area contributed by atoms with E-state index >= 15 is 0 Å². The van der Waals surface area contributed by atoms with Crippen LogP contribution >= 0.6 is 0 Å². The average molecular weight is 212 g/mol. The van der Waals surface area contributed by atoms with Gasteiger partial charge in [0.2, 0.25) is 5.82 Å². The zero-order valence-electron chi connectivity index (χ0n) is 8.95. The lowest BCUT2D eigenvalue weighted by atomic mass is 10.0. The molecule has 0 aliphatic rings. The molecule has 1 unspecified atom stereocenters. The van der Waals surface area contributed by atoms with Crippen LogP contribution in [0.25, 0.3) is 0 Å². The number of nitrogens with one attached hydrogen (secondary N) is 2. The van der Waals surface area contributed by atoms with Crippen molar-refractivity contribution in [3.63, 3.8) is 0 Å². The normalized spacial score (nSPS) is 14.6. The number of aliphatic hydroxyl groups is 1. The van der Waals surface area contributed by atoms with Crippen LogP contribution in [0.15, 0.2) is 6.33 Å². The maximum atomic E-state index is 11.4. The quantitative estimate of drug-likeness (QED) is 0.645. The fourth-order valence-corrected chi connectivity index (χ4v) is 1.30. The predicted molar refractivity (Wildman–Crippen MR) is 54.2 cm³/mol. The number of aromatic nitrogens is 3. The standard InChI is InChI=1S/C9H16N4O2/c1-3-4-9(2,15)5-10-8(14)7-11-6-12-13-7/h6,15H,3-5H2,1-2H3,(H,10,14)(H,11,12,13). The van der Waals surface area contributed by atoms with Crippen molar-refractivity contribution in [3.8, 4) is 0 Å². The van der Waals surface area contributed by atoms with E-state index in [0.29, 0.717) is 6.42 Å². The summed E-state index contributed by atoms with van der Waals surface area (Å²) in [6.45, 7) is 3.88. The highest BCUT2D eigenvalue weighted by molar-refractivity contribution is 5.90. The lowest BCUT2D eigenvalue weighted by Crippen LogP contribution is -2.40. The van der Waals surface area contributed by atoms with Gasteiger partial charge in [-0.1, -0.05) is 13.3 Å². The maximum Gasteiger partial charge on any atom is 0.288 e. The summed E-state index contributed by atoms with van der Waals surface area (Å²) < 4.78 is 0. The van der Waals surface area contributed by atoms with E-state index in [2.05, 4.69) is 20.5 Å². The van der Waals surface area contributed by atoms with E-state index in [1.807, 2.05) is 6.92 Å². The SMILES string of the molecule is CCCC(C)(O)CNC(=O)c1ncn[nH]1. The molecule has 1 rings (SSSR count). The van der Waals surface area contributed by atoms with Gasteiger partial charge in [-0.05, 0) is 13.3 Å². The third-order valence-corrected chi connectivity index (χ3v) is 2.05. The van der Waals surface area contributed by atoms with Crippen LogP contribution in [-0.2, 0) is 0 Å². The van der Waals surface area contributed by atoms with Gasteiger partial charge in [0.25, 0.3) is 5.91 Å². The fourth-order valence-electron chi connectivity index (χ4n) is 1.30. The van der Waals surface area contributed by atoms with Crippen molar-refractivity contribution in [3.05, 3.63) is 12.2 Å². The average Bonchev–Trinajstić information content (AvgIpc) is 2.67. The molecule has 0 aliphatic heterocycles. The minimum absolute atomic E-state index is 0.155. The summed E-state index contributed by atoms with van der Waals surface area (Å²) in [6, 6.07) is 0. The number of amides is 1. The van der Waals surface area contributed by atoms with E-state index in [1.54, 1.807) is 6.92 Å². The summed E-state index contributed by atoms with van der Waals surface area (Å²) in [6.07, 6.45) is 2.77. The molecule has 0 aliphatic carbocycles. The Kier molecular flexibility index (Phi) is 3.79. The second-order valence-electron chi connectivity index (χ2n) is 3.76. The monoisotopic (exact) mass is 212 g/mol. The molecule has 0 fully saturated rings. The number of hydrogen-bond acceptors (Lipinski definition) is 4. The first-order valence-electron chi connectivity index (χ1n) is 4.91. The highest BCUT2D eigenvalue weighted by atomic mass is 16.3. The van der Waals surface area contributed by atoms with Gasteiger partial charge in [0.15, 0.2) is 0 Å². The molecule has 0 bridgehead atoms. The molecular weight excluding hydrogens is 196 g/mol. The van der Waals surface area contributed by atoms with Gasteiger partial charge in [-0.25, -0.2) is 4.98 Å². The topological polar surface area (TPSA) is 90.9 Å². The summed E-state index contributed by atoms with van der Waals surface area (Å²) in [4.78, 5) is 15.1. The molecule has 15 heavy (non-hydrogen) atoms. The Morgan fingerprint density at radius 3 is 3.00 bits per heavy atom. The summed E-state index contributed by atoms with van der Waals surface area (Å²) in [5.41, 5.74) is -0.871. The molecule has 6 heteroatoms. The zero-order valence-corrected chi connectivity index (χ0v) is 8.95. The first-order chi connectivity index (χ1) is 7.05. The molecule has 0 spiro atoms. The van der Waals surface area contributed by atoms with Crippen LogP contribution in [0, 0.1) is 0 Å². The number of nitrogens with zero attached hydrogens (tertiary/aromatic N) is 2. The minimum atomic E-state index is -0.871. The van der Waals surface area contributed by atoms with E-state index < -0.39 is 5.60 Å². The molecule has 84 valence electrons. The zero-order chi connectivity index (χ0) is 11.3. The van der Waals surface area contributed by atoms with Crippen molar-refractivity contribution in [2.45, 2.75) is 32.3 Å². The van der Waals surface area contributed by atoms with Crippen molar-refractivity contribution in [2.24, 2.45) is 0 Å². The Balaban J connectivity index is 2.40. The molecule has 1 aromatic rings. The van der Waals surface area contributed by atoms with Crippen molar-refractivity contribution in [1.82, 2.24) is 20.5 Å². The Morgan fingerprint density at radius 2 is 2.47 bits per heavy atom. The Bertz CT molecular complexity index is 308. The molecule has 3 N–H and O–H groups in total. The molecule has 6 nitrogen and oxygen atoms in total. The lowest BCUT2D eigenvalue weighted by molar-refractivity contribution is 0.0467. The van der Waals surface area contributed by atoms with Crippen molar-refractivity contribution >= 4 is 5.91 Å². The summed E-state index contributed by atoms with van der Waals surface area (Å²) in [5.74, 6) is -0.203. The van der Waals surface area contributed by atoms with Crippen LogP contribution in [0.3, 0.4) is 0 Å². The third-order valence-electron chi connectivity index (χ3n) is 2.05. The van der Waals surface area contributed by atoms with Crippen LogP contribution < -0.4 is 5.32 Å². The number of hydrogen-bond donors (Lipinski definition) is 3. The van der Waals surface area contributed by atoms with E-state index in [4.69, 9.17) is 0 Å². The predicted octanol–water partition coefficient (Wildman–Crippen LogP) is 0.0856. The number of carbonyl (C=O) groups is 1. The van der Waals surface area contributed by atoms with Crippen LogP contribution in [-0.4, -0.2) is 38.3 Å². The Morgan fingerprint density at radius 1 is 1.73 bits per heavy atom. The summed E-state index contributed by atoms with van der Waals surface area (Å²) in [7, 11) is 0. The molecular formula is C9H16N4O2. The highest BCUT2D eigenvalue weighted by Crippen LogP contribution is 2.09. The summed E-state index contributed by atoms with van der Waals surface area (Å²) in [5, 5.41) is 18.4. The van der Waals surface area contributed by atoms with Crippen molar-refractivity contribution in [2.75, 3.05) is 6.54 Å². The van der Waals surface area contributed by atoms with E-state index in [0.717, 1.165) is 6.42 Å². The van der Waals surface area contributed by atoms with Gasteiger partial charge in [0, 0.05) is 6.54 Å². The molecule has 1 heterocycles. The number of aromatic amines is 1. The van der Waals surface area contributed by atoms with Crippen LogP contribution in [0.5, 0.6) is 0 Å². The number of H-pyrrole nitrogens is 1. The van der Waals surface area contributed by atoms with Crippen LogP contribution in [0.1, 0.15) is 37.3 Å². The van der Waals surface area contributed by atoms with Gasteiger partial charge >= 0.3 is 0 Å². The largest absolute Gasteiger partial charge is 0.388 e. The van der Waals surface area contributed by atoms with Gasteiger partial charge in [-0.3, -0.25) is 9.89 Å².